The molecule has 5 nitrogen and oxygen atoms in total. The molecule has 0 aliphatic heterocycles. The number of hydrogen-bond acceptors (Lipinski definition) is 4. The fourth-order valence-electron chi connectivity index (χ4n) is 2.42. The minimum Gasteiger partial charge on any atom is -0.331 e. The van der Waals surface area contributed by atoms with Gasteiger partial charge in [0, 0.05) is 0 Å². The minimum absolute atomic E-state index is 0.0814. The number of urea groups is 1. The van der Waals surface area contributed by atoms with E-state index in [0.29, 0.717) is 5.13 Å². The molecule has 98 valence electrons. The van der Waals surface area contributed by atoms with Crippen molar-refractivity contribution in [1.82, 2.24) is 15.5 Å². The second-order valence-corrected chi connectivity index (χ2v) is 5.32. The predicted octanol–water partition coefficient (Wildman–Crippen LogP) is 2.74. The molecule has 2 amide bonds. The van der Waals surface area contributed by atoms with Crippen LogP contribution in [0.5, 0.6) is 0 Å². The highest BCUT2D eigenvalue weighted by molar-refractivity contribution is 7.13. The summed E-state index contributed by atoms with van der Waals surface area (Å²) in [5.74, 6) is 0. The highest BCUT2D eigenvalue weighted by Gasteiger charge is 2.21. The van der Waals surface area contributed by atoms with Gasteiger partial charge in [-0.1, -0.05) is 35.6 Å². The normalized spacial score (nSPS) is 17.6. The smallest absolute Gasteiger partial charge is 0.321 e. The average molecular weight is 274 g/mol. The largest absolute Gasteiger partial charge is 0.331 e. The van der Waals surface area contributed by atoms with Gasteiger partial charge in [-0.2, -0.15) is 0 Å². The zero-order valence-electron chi connectivity index (χ0n) is 10.3. The Labute approximate surface area is 115 Å². The quantitative estimate of drug-likeness (QED) is 0.885. The SMILES string of the molecule is O=C(Nc1nncs1)N[C@@H]1CCCc2ccccc21. The van der Waals surface area contributed by atoms with Crippen LogP contribution in [0.4, 0.5) is 9.93 Å². The molecule has 1 heterocycles. The zero-order chi connectivity index (χ0) is 13.1. The Morgan fingerprint density at radius 2 is 2.26 bits per heavy atom. The molecule has 0 saturated heterocycles. The van der Waals surface area contributed by atoms with Crippen LogP contribution in [-0.2, 0) is 6.42 Å². The van der Waals surface area contributed by atoms with Gasteiger partial charge in [-0.25, -0.2) is 4.79 Å². The summed E-state index contributed by atoms with van der Waals surface area (Å²) in [7, 11) is 0. The summed E-state index contributed by atoms with van der Waals surface area (Å²) >= 11 is 1.30. The van der Waals surface area contributed by atoms with E-state index in [1.54, 1.807) is 5.51 Å². The lowest BCUT2D eigenvalue weighted by Gasteiger charge is -2.26. The van der Waals surface area contributed by atoms with Crippen LogP contribution in [-0.4, -0.2) is 16.2 Å². The van der Waals surface area contributed by atoms with Crippen molar-refractivity contribution in [3.63, 3.8) is 0 Å². The summed E-state index contributed by atoms with van der Waals surface area (Å²) in [6.07, 6.45) is 3.16. The van der Waals surface area contributed by atoms with Gasteiger partial charge in [0.25, 0.3) is 0 Å². The van der Waals surface area contributed by atoms with Gasteiger partial charge in [-0.3, -0.25) is 5.32 Å². The highest BCUT2D eigenvalue weighted by atomic mass is 32.1. The number of amides is 2. The van der Waals surface area contributed by atoms with E-state index in [-0.39, 0.29) is 12.1 Å². The van der Waals surface area contributed by atoms with Gasteiger partial charge >= 0.3 is 6.03 Å². The van der Waals surface area contributed by atoms with Crippen LogP contribution in [0.15, 0.2) is 29.8 Å². The molecule has 3 rings (SSSR count). The first kappa shape index (κ1) is 12.1. The molecule has 0 fully saturated rings. The lowest BCUT2D eigenvalue weighted by atomic mass is 9.88. The molecule has 6 heteroatoms. The number of hydrogen-bond donors (Lipinski definition) is 2. The summed E-state index contributed by atoms with van der Waals surface area (Å²) in [5.41, 5.74) is 4.14. The summed E-state index contributed by atoms with van der Waals surface area (Å²) in [4.78, 5) is 11.9. The topological polar surface area (TPSA) is 66.9 Å². The van der Waals surface area contributed by atoms with E-state index >= 15 is 0 Å². The van der Waals surface area contributed by atoms with Crippen molar-refractivity contribution in [2.24, 2.45) is 0 Å². The van der Waals surface area contributed by atoms with Gasteiger partial charge in [0.2, 0.25) is 5.13 Å². The molecule has 1 atom stereocenters. The monoisotopic (exact) mass is 274 g/mol. The van der Waals surface area contributed by atoms with Gasteiger partial charge in [-0.15, -0.1) is 10.2 Å². The third-order valence-electron chi connectivity index (χ3n) is 3.26. The number of aryl methyl sites for hydroxylation is 1. The maximum atomic E-state index is 11.9. The van der Waals surface area contributed by atoms with Crippen LogP contribution in [0.1, 0.15) is 30.0 Å². The van der Waals surface area contributed by atoms with Crippen molar-refractivity contribution < 1.29 is 4.79 Å². The van der Waals surface area contributed by atoms with E-state index in [0.717, 1.165) is 19.3 Å². The van der Waals surface area contributed by atoms with Crippen LogP contribution >= 0.6 is 11.3 Å². The van der Waals surface area contributed by atoms with Gasteiger partial charge in [0.05, 0.1) is 6.04 Å². The molecule has 1 aromatic heterocycles. The molecule has 0 bridgehead atoms. The van der Waals surface area contributed by atoms with Crippen LogP contribution < -0.4 is 10.6 Å². The molecule has 0 radical (unpaired) electrons. The molecular formula is C13H14N4OS. The molecule has 0 unspecified atom stereocenters. The first-order valence-electron chi connectivity index (χ1n) is 6.24. The number of anilines is 1. The standard InChI is InChI=1S/C13H14N4OS/c18-12(16-13-17-14-8-19-13)15-11-7-3-5-9-4-1-2-6-10(9)11/h1-2,4,6,8,11H,3,5,7H2,(H2,15,16,17,18)/t11-/m1/s1. The number of carbonyl (C=O) groups excluding carboxylic acids is 1. The molecule has 19 heavy (non-hydrogen) atoms. The lowest BCUT2D eigenvalue weighted by Crippen LogP contribution is -2.34. The molecule has 1 aliphatic rings. The number of benzene rings is 1. The maximum absolute atomic E-state index is 11.9. The number of rotatable bonds is 2. The third-order valence-corrected chi connectivity index (χ3v) is 3.86. The van der Waals surface area contributed by atoms with Gasteiger partial charge < -0.3 is 5.32 Å². The van der Waals surface area contributed by atoms with Crippen molar-refractivity contribution in [1.29, 1.82) is 0 Å². The van der Waals surface area contributed by atoms with E-state index in [4.69, 9.17) is 0 Å². The van der Waals surface area contributed by atoms with E-state index in [1.165, 1.54) is 22.5 Å². The second-order valence-electron chi connectivity index (χ2n) is 4.49. The first-order valence-corrected chi connectivity index (χ1v) is 7.12. The average Bonchev–Trinajstić information content (AvgIpc) is 2.92. The van der Waals surface area contributed by atoms with Gasteiger partial charge in [-0.05, 0) is 30.4 Å². The zero-order valence-corrected chi connectivity index (χ0v) is 11.1. The minimum atomic E-state index is -0.224. The van der Waals surface area contributed by atoms with Crippen molar-refractivity contribution in [3.8, 4) is 0 Å². The Balaban J connectivity index is 1.69. The van der Waals surface area contributed by atoms with E-state index in [1.807, 2.05) is 12.1 Å². The van der Waals surface area contributed by atoms with Gasteiger partial charge in [0.1, 0.15) is 5.51 Å². The van der Waals surface area contributed by atoms with E-state index < -0.39 is 0 Å². The summed E-state index contributed by atoms with van der Waals surface area (Å²) in [5, 5.41) is 13.7. The summed E-state index contributed by atoms with van der Waals surface area (Å²) < 4.78 is 0. The molecular weight excluding hydrogens is 260 g/mol. The number of fused-ring (bicyclic) bond motifs is 1. The van der Waals surface area contributed by atoms with Crippen molar-refractivity contribution in [2.45, 2.75) is 25.3 Å². The number of nitrogens with zero attached hydrogens (tertiary/aromatic N) is 2. The first-order chi connectivity index (χ1) is 9.33. The van der Waals surface area contributed by atoms with Crippen LogP contribution in [0, 0.1) is 0 Å². The highest BCUT2D eigenvalue weighted by Crippen LogP contribution is 2.29. The van der Waals surface area contributed by atoms with Crippen molar-refractivity contribution in [2.75, 3.05) is 5.32 Å². The van der Waals surface area contributed by atoms with Crippen molar-refractivity contribution in [3.05, 3.63) is 40.9 Å². The molecule has 1 aromatic carbocycles. The summed E-state index contributed by atoms with van der Waals surface area (Å²) in [6.45, 7) is 0. The molecule has 0 spiro atoms. The maximum Gasteiger partial charge on any atom is 0.321 e. The molecule has 2 aromatic rings. The molecule has 1 aliphatic carbocycles. The predicted molar refractivity (Wildman–Crippen MR) is 74.2 cm³/mol. The molecule has 2 N–H and O–H groups in total. The van der Waals surface area contributed by atoms with Crippen LogP contribution in [0.2, 0.25) is 0 Å². The fourth-order valence-corrected chi connectivity index (χ4v) is 2.86. The number of aromatic nitrogens is 2. The Hall–Kier alpha value is -1.95. The number of nitrogens with one attached hydrogen (secondary N) is 2. The summed E-state index contributed by atoms with van der Waals surface area (Å²) in [6, 6.07) is 8.14. The van der Waals surface area contributed by atoms with E-state index in [2.05, 4.69) is 33.0 Å². The number of carbonyl (C=O) groups is 1. The Morgan fingerprint density at radius 1 is 1.37 bits per heavy atom. The second kappa shape index (κ2) is 5.36. The van der Waals surface area contributed by atoms with Crippen LogP contribution in [0.25, 0.3) is 0 Å². The van der Waals surface area contributed by atoms with Crippen LogP contribution in [0.3, 0.4) is 0 Å². The Bertz CT molecular complexity index is 570. The van der Waals surface area contributed by atoms with E-state index in [9.17, 15) is 4.79 Å². The van der Waals surface area contributed by atoms with Gasteiger partial charge in [0.15, 0.2) is 0 Å². The fraction of sp³-hybridized carbons (Fsp3) is 0.308. The Morgan fingerprint density at radius 3 is 3.11 bits per heavy atom. The lowest BCUT2D eigenvalue weighted by molar-refractivity contribution is 0.247. The Kier molecular flexibility index (Phi) is 3.41. The third kappa shape index (κ3) is 2.73. The molecule has 0 saturated carbocycles. The van der Waals surface area contributed by atoms with Crippen molar-refractivity contribution >= 4 is 22.5 Å².